The molecule has 2 amide bonds. The highest BCUT2D eigenvalue weighted by atomic mass is 16.2. The third-order valence-corrected chi connectivity index (χ3v) is 6.82. The quantitative estimate of drug-likeness (QED) is 0.219. The van der Waals surface area contributed by atoms with Gasteiger partial charge in [0.2, 0.25) is 17.8 Å². The second-order valence-electron chi connectivity index (χ2n) is 9.33. The topological polar surface area (TPSA) is 131 Å². The lowest BCUT2D eigenvalue weighted by molar-refractivity contribution is -0.124. The first-order valence-corrected chi connectivity index (χ1v) is 12.3. The van der Waals surface area contributed by atoms with Gasteiger partial charge in [-0.15, -0.1) is 0 Å². The Hall–Kier alpha value is -4.73. The average molecular weight is 495 g/mol. The van der Waals surface area contributed by atoms with Crippen LogP contribution in [0.5, 0.6) is 0 Å². The van der Waals surface area contributed by atoms with Crippen molar-refractivity contribution in [2.45, 2.75) is 25.2 Å². The summed E-state index contributed by atoms with van der Waals surface area (Å²) in [6.45, 7) is 1.61. The lowest BCUT2D eigenvalue weighted by Crippen LogP contribution is -2.34. The maximum Gasteiger partial charge on any atom is 0.254 e. The van der Waals surface area contributed by atoms with Gasteiger partial charge in [0, 0.05) is 35.6 Å². The van der Waals surface area contributed by atoms with Crippen molar-refractivity contribution in [2.24, 2.45) is 0 Å². The molecule has 37 heavy (non-hydrogen) atoms. The maximum absolute atomic E-state index is 12.1. The van der Waals surface area contributed by atoms with E-state index in [0.717, 1.165) is 37.3 Å². The number of carbonyl (C=O) groups is 2. The number of nitrogen functional groups attached to an aromatic ring is 1. The molecule has 0 spiro atoms. The number of imide groups is 1. The molecule has 2 saturated heterocycles. The average Bonchev–Trinajstić information content (AvgIpc) is 3.47. The first kappa shape index (κ1) is 22.7. The molecule has 186 valence electrons. The van der Waals surface area contributed by atoms with Crippen molar-refractivity contribution in [2.75, 3.05) is 29.0 Å². The molecule has 2 aromatic heterocycles. The van der Waals surface area contributed by atoms with Gasteiger partial charge in [-0.05, 0) is 54.7 Å². The molecule has 2 aliphatic heterocycles. The number of fused-ring (bicyclic) bond motifs is 1. The molecule has 4 aromatic rings. The van der Waals surface area contributed by atoms with Crippen LogP contribution in [0, 0.1) is 0 Å². The zero-order valence-corrected chi connectivity index (χ0v) is 20.1. The number of amides is 2. The second-order valence-corrected chi connectivity index (χ2v) is 9.33. The van der Waals surface area contributed by atoms with E-state index in [1.165, 1.54) is 5.56 Å². The molecule has 0 unspecified atom stereocenters. The first-order valence-electron chi connectivity index (χ1n) is 12.3. The molecule has 0 bridgehead atoms. The highest BCUT2D eigenvalue weighted by Crippen LogP contribution is 2.31. The van der Waals surface area contributed by atoms with Crippen LogP contribution in [0.15, 0.2) is 66.4 Å². The van der Waals surface area contributed by atoms with Crippen LogP contribution < -0.4 is 21.3 Å². The number of hydrogen-bond acceptors (Lipinski definition) is 8. The summed E-state index contributed by atoms with van der Waals surface area (Å²) in [7, 11) is 0. The van der Waals surface area contributed by atoms with Crippen molar-refractivity contribution < 1.29 is 9.59 Å². The molecule has 2 fully saturated rings. The van der Waals surface area contributed by atoms with E-state index in [2.05, 4.69) is 32.8 Å². The minimum Gasteiger partial charge on any atom is -0.399 e. The molecule has 6 rings (SSSR count). The van der Waals surface area contributed by atoms with Crippen LogP contribution in [0.4, 0.5) is 23.3 Å². The summed E-state index contributed by atoms with van der Waals surface area (Å²) in [6.07, 6.45) is 5.30. The summed E-state index contributed by atoms with van der Waals surface area (Å²) in [4.78, 5) is 35.7. The maximum atomic E-state index is 12.1. The normalized spacial score (nSPS) is 17.5. The standard InChI is InChI=1S/C27H26N8O2/c28-21-8-6-17(7-9-21)18-10-12-34(13-11-18)26-32-24-20(14-19-15-23(36)31-25(19)37)16-29-35(24)27(33-26)30-22-4-2-1-3-5-22/h1-9,14,16,18H,10-13,15,28H2,(H,30,32,33)(H,31,36,37). The Morgan fingerprint density at radius 3 is 2.46 bits per heavy atom. The van der Waals surface area contributed by atoms with Crippen LogP contribution in [-0.4, -0.2) is 44.5 Å². The van der Waals surface area contributed by atoms with Crippen LogP contribution in [-0.2, 0) is 9.59 Å². The minimum absolute atomic E-state index is 0.0435. The Morgan fingerprint density at radius 1 is 1.00 bits per heavy atom. The summed E-state index contributed by atoms with van der Waals surface area (Å²) in [5.74, 6) is 0.873. The molecular weight excluding hydrogens is 468 g/mol. The van der Waals surface area contributed by atoms with Crippen LogP contribution in [0.25, 0.3) is 11.7 Å². The van der Waals surface area contributed by atoms with Crippen LogP contribution in [0.3, 0.4) is 0 Å². The molecule has 0 saturated carbocycles. The smallest absolute Gasteiger partial charge is 0.254 e. The summed E-state index contributed by atoms with van der Waals surface area (Å²) >= 11 is 0. The molecular formula is C27H26N8O2. The lowest BCUT2D eigenvalue weighted by Gasteiger charge is -2.32. The summed E-state index contributed by atoms with van der Waals surface area (Å²) in [6, 6.07) is 17.9. The van der Waals surface area contributed by atoms with E-state index in [-0.39, 0.29) is 18.2 Å². The van der Waals surface area contributed by atoms with Gasteiger partial charge in [-0.3, -0.25) is 14.9 Å². The van der Waals surface area contributed by atoms with E-state index < -0.39 is 0 Å². The third kappa shape index (κ3) is 4.61. The van der Waals surface area contributed by atoms with Gasteiger partial charge >= 0.3 is 0 Å². The molecule has 2 aromatic carbocycles. The Kier molecular flexibility index (Phi) is 5.76. The third-order valence-electron chi connectivity index (χ3n) is 6.82. The number of para-hydroxylation sites is 1. The zero-order valence-electron chi connectivity index (χ0n) is 20.1. The summed E-state index contributed by atoms with van der Waals surface area (Å²) in [5.41, 5.74) is 10.4. The highest BCUT2D eigenvalue weighted by Gasteiger charge is 2.26. The van der Waals surface area contributed by atoms with E-state index >= 15 is 0 Å². The predicted octanol–water partition coefficient (Wildman–Crippen LogP) is 3.26. The van der Waals surface area contributed by atoms with E-state index in [4.69, 9.17) is 15.7 Å². The Bertz CT molecular complexity index is 1500. The van der Waals surface area contributed by atoms with Gasteiger partial charge in [0.15, 0.2) is 5.65 Å². The molecule has 4 N–H and O–H groups in total. The largest absolute Gasteiger partial charge is 0.399 e. The van der Waals surface area contributed by atoms with Crippen LogP contribution >= 0.6 is 0 Å². The zero-order chi connectivity index (χ0) is 25.4. The van der Waals surface area contributed by atoms with Crippen molar-refractivity contribution in [3.63, 3.8) is 0 Å². The van der Waals surface area contributed by atoms with Gasteiger partial charge in [-0.25, -0.2) is 0 Å². The van der Waals surface area contributed by atoms with Gasteiger partial charge in [-0.1, -0.05) is 30.3 Å². The highest BCUT2D eigenvalue weighted by molar-refractivity contribution is 6.15. The molecule has 0 radical (unpaired) electrons. The van der Waals surface area contributed by atoms with Gasteiger partial charge in [-0.2, -0.15) is 19.6 Å². The summed E-state index contributed by atoms with van der Waals surface area (Å²) < 4.78 is 1.62. The molecule has 10 heteroatoms. The van der Waals surface area contributed by atoms with Crippen molar-refractivity contribution >= 4 is 46.8 Å². The first-order chi connectivity index (χ1) is 18.0. The molecule has 10 nitrogen and oxygen atoms in total. The van der Waals surface area contributed by atoms with Crippen LogP contribution in [0.1, 0.15) is 36.3 Å². The SMILES string of the molecule is Nc1ccc(C2CCN(c3nc(Nc4ccccc4)n4ncc(C=C5CC(=O)NC5=O)c4n3)CC2)cc1. The van der Waals surface area contributed by atoms with Crippen molar-refractivity contribution in [1.82, 2.24) is 24.9 Å². The molecule has 0 atom stereocenters. The van der Waals surface area contributed by atoms with Gasteiger partial charge < -0.3 is 16.0 Å². The Labute approximate surface area is 213 Å². The monoisotopic (exact) mass is 494 g/mol. The van der Waals surface area contributed by atoms with E-state index in [0.29, 0.717) is 34.6 Å². The van der Waals surface area contributed by atoms with E-state index in [9.17, 15) is 9.59 Å². The van der Waals surface area contributed by atoms with Crippen molar-refractivity contribution in [3.8, 4) is 0 Å². The number of aromatic nitrogens is 4. The number of nitrogens with two attached hydrogens (primary N) is 1. The molecule has 2 aliphatic rings. The predicted molar refractivity (Wildman–Crippen MR) is 141 cm³/mol. The lowest BCUT2D eigenvalue weighted by atomic mass is 9.89. The van der Waals surface area contributed by atoms with Crippen molar-refractivity contribution in [3.05, 3.63) is 77.5 Å². The van der Waals surface area contributed by atoms with Gasteiger partial charge in [0.1, 0.15) is 0 Å². The number of carbonyl (C=O) groups excluding carboxylic acids is 2. The second kappa shape index (κ2) is 9.38. The fourth-order valence-corrected chi connectivity index (χ4v) is 4.85. The van der Waals surface area contributed by atoms with E-state index in [1.807, 2.05) is 42.5 Å². The number of hydrogen-bond donors (Lipinski definition) is 3. The van der Waals surface area contributed by atoms with Crippen molar-refractivity contribution in [1.29, 1.82) is 0 Å². The fraction of sp³-hybridized carbons (Fsp3) is 0.222. The summed E-state index contributed by atoms with van der Waals surface area (Å²) in [5, 5.41) is 10.2. The Morgan fingerprint density at radius 2 is 1.76 bits per heavy atom. The number of rotatable bonds is 5. The minimum atomic E-state index is -0.383. The number of anilines is 4. The molecule has 4 heterocycles. The van der Waals surface area contributed by atoms with E-state index in [1.54, 1.807) is 16.8 Å². The Balaban J connectivity index is 1.34. The number of piperidine rings is 1. The number of nitrogens with one attached hydrogen (secondary N) is 2. The van der Waals surface area contributed by atoms with Gasteiger partial charge in [0.25, 0.3) is 5.91 Å². The van der Waals surface area contributed by atoms with Crippen LogP contribution in [0.2, 0.25) is 0 Å². The number of nitrogens with zero attached hydrogens (tertiary/aromatic N) is 5. The fourth-order valence-electron chi connectivity index (χ4n) is 4.85. The molecule has 0 aliphatic carbocycles. The van der Waals surface area contributed by atoms with Gasteiger partial charge in [0.05, 0.1) is 12.6 Å². The number of benzene rings is 2.